The molecule has 15 heavy (non-hydrogen) atoms. The molecular weight excluding hydrogens is 186 g/mol. The van der Waals surface area contributed by atoms with Crippen molar-refractivity contribution in [1.29, 1.82) is 0 Å². The lowest BCUT2D eigenvalue weighted by molar-refractivity contribution is 0.0127. The van der Waals surface area contributed by atoms with E-state index in [2.05, 4.69) is 39.9 Å². The van der Waals surface area contributed by atoms with Crippen LogP contribution >= 0.6 is 0 Å². The van der Waals surface area contributed by atoms with Crippen molar-refractivity contribution < 1.29 is 4.74 Å². The SMILES string of the molecule is COC(C)(C)CCCC(C)CNC(C)C. The van der Waals surface area contributed by atoms with Crippen molar-refractivity contribution in [2.75, 3.05) is 13.7 Å². The van der Waals surface area contributed by atoms with Crippen LogP contribution in [0.2, 0.25) is 0 Å². The maximum absolute atomic E-state index is 5.40. The minimum atomic E-state index is 0.0468. The monoisotopic (exact) mass is 215 g/mol. The van der Waals surface area contributed by atoms with Gasteiger partial charge in [0.25, 0.3) is 0 Å². The lowest BCUT2D eigenvalue weighted by atomic mass is 9.96. The highest BCUT2D eigenvalue weighted by molar-refractivity contribution is 4.69. The third-order valence-electron chi connectivity index (χ3n) is 2.90. The molecule has 2 nitrogen and oxygen atoms in total. The van der Waals surface area contributed by atoms with Crippen molar-refractivity contribution >= 4 is 0 Å². The second-order valence-electron chi connectivity index (χ2n) is 5.52. The van der Waals surface area contributed by atoms with Crippen LogP contribution in [0.1, 0.15) is 53.9 Å². The van der Waals surface area contributed by atoms with Crippen LogP contribution in [0.3, 0.4) is 0 Å². The Morgan fingerprint density at radius 1 is 1.20 bits per heavy atom. The number of hydrogen-bond donors (Lipinski definition) is 1. The van der Waals surface area contributed by atoms with Crippen LogP contribution in [0, 0.1) is 5.92 Å². The van der Waals surface area contributed by atoms with E-state index in [1.807, 2.05) is 0 Å². The molecule has 0 radical (unpaired) electrons. The Morgan fingerprint density at radius 3 is 2.27 bits per heavy atom. The predicted octanol–water partition coefficient (Wildman–Crippen LogP) is 3.22. The first-order valence-electron chi connectivity index (χ1n) is 6.16. The van der Waals surface area contributed by atoms with Gasteiger partial charge in [-0.1, -0.05) is 27.2 Å². The molecule has 0 aliphatic carbocycles. The zero-order valence-electron chi connectivity index (χ0n) is 11.4. The Kier molecular flexibility index (Phi) is 7.20. The van der Waals surface area contributed by atoms with Gasteiger partial charge in [-0.25, -0.2) is 0 Å². The van der Waals surface area contributed by atoms with E-state index in [1.54, 1.807) is 7.11 Å². The van der Waals surface area contributed by atoms with Gasteiger partial charge in [0.15, 0.2) is 0 Å². The molecule has 2 heteroatoms. The van der Waals surface area contributed by atoms with E-state index in [9.17, 15) is 0 Å². The third-order valence-corrected chi connectivity index (χ3v) is 2.90. The Hall–Kier alpha value is -0.0800. The molecule has 0 bridgehead atoms. The van der Waals surface area contributed by atoms with Gasteiger partial charge in [0.05, 0.1) is 5.60 Å². The van der Waals surface area contributed by atoms with Crippen LogP contribution in [0.4, 0.5) is 0 Å². The summed E-state index contributed by atoms with van der Waals surface area (Å²) in [5.41, 5.74) is 0.0468. The molecular formula is C13H29NO. The summed E-state index contributed by atoms with van der Waals surface area (Å²) < 4.78 is 5.40. The third kappa shape index (κ3) is 8.88. The normalized spacial score (nSPS) is 14.6. The van der Waals surface area contributed by atoms with E-state index >= 15 is 0 Å². The number of hydrogen-bond acceptors (Lipinski definition) is 2. The van der Waals surface area contributed by atoms with E-state index in [0.29, 0.717) is 6.04 Å². The summed E-state index contributed by atoms with van der Waals surface area (Å²) in [4.78, 5) is 0. The Labute approximate surface area is 95.8 Å². The highest BCUT2D eigenvalue weighted by atomic mass is 16.5. The van der Waals surface area contributed by atoms with Crippen LogP contribution in [0.15, 0.2) is 0 Å². The molecule has 0 aromatic carbocycles. The van der Waals surface area contributed by atoms with Gasteiger partial charge in [-0.3, -0.25) is 0 Å². The average Bonchev–Trinajstić information content (AvgIpc) is 2.14. The van der Waals surface area contributed by atoms with Crippen LogP contribution in [-0.4, -0.2) is 25.3 Å². The summed E-state index contributed by atoms with van der Waals surface area (Å²) >= 11 is 0. The van der Waals surface area contributed by atoms with Crippen molar-refractivity contribution in [3.05, 3.63) is 0 Å². The summed E-state index contributed by atoms with van der Waals surface area (Å²) in [5.74, 6) is 0.764. The summed E-state index contributed by atoms with van der Waals surface area (Å²) in [6.45, 7) is 12.1. The molecule has 1 N–H and O–H groups in total. The van der Waals surface area contributed by atoms with E-state index in [4.69, 9.17) is 4.74 Å². The maximum atomic E-state index is 5.40. The smallest absolute Gasteiger partial charge is 0.0622 e. The molecule has 0 amide bonds. The van der Waals surface area contributed by atoms with E-state index < -0.39 is 0 Å². The fraction of sp³-hybridized carbons (Fsp3) is 1.00. The molecule has 0 saturated heterocycles. The zero-order chi connectivity index (χ0) is 11.9. The van der Waals surface area contributed by atoms with Crippen molar-refractivity contribution in [2.24, 2.45) is 5.92 Å². The fourth-order valence-corrected chi connectivity index (χ4v) is 1.52. The molecule has 0 aromatic heterocycles. The van der Waals surface area contributed by atoms with Gasteiger partial charge in [-0.15, -0.1) is 0 Å². The first kappa shape index (κ1) is 14.9. The van der Waals surface area contributed by atoms with Crippen LogP contribution < -0.4 is 5.32 Å². The van der Waals surface area contributed by atoms with Gasteiger partial charge in [-0.2, -0.15) is 0 Å². The van der Waals surface area contributed by atoms with Gasteiger partial charge in [-0.05, 0) is 39.2 Å². The molecule has 0 aromatic rings. The van der Waals surface area contributed by atoms with E-state index in [0.717, 1.165) is 18.9 Å². The molecule has 1 atom stereocenters. The lowest BCUT2D eigenvalue weighted by Crippen LogP contribution is -2.28. The second kappa shape index (κ2) is 7.24. The Bertz CT molecular complexity index is 155. The first-order valence-corrected chi connectivity index (χ1v) is 6.16. The molecule has 0 saturated carbocycles. The molecule has 0 fully saturated rings. The predicted molar refractivity (Wildman–Crippen MR) is 67.2 cm³/mol. The van der Waals surface area contributed by atoms with E-state index in [-0.39, 0.29) is 5.60 Å². The Morgan fingerprint density at radius 2 is 1.80 bits per heavy atom. The van der Waals surface area contributed by atoms with Crippen molar-refractivity contribution in [2.45, 2.75) is 65.5 Å². The van der Waals surface area contributed by atoms with Gasteiger partial charge in [0, 0.05) is 13.2 Å². The van der Waals surface area contributed by atoms with Gasteiger partial charge in [0.1, 0.15) is 0 Å². The largest absolute Gasteiger partial charge is 0.379 e. The molecule has 0 aliphatic rings. The van der Waals surface area contributed by atoms with E-state index in [1.165, 1.54) is 12.8 Å². The number of methoxy groups -OCH3 is 1. The highest BCUT2D eigenvalue weighted by Gasteiger charge is 2.15. The fourth-order valence-electron chi connectivity index (χ4n) is 1.52. The van der Waals surface area contributed by atoms with Crippen molar-refractivity contribution in [3.63, 3.8) is 0 Å². The van der Waals surface area contributed by atoms with Gasteiger partial charge < -0.3 is 10.1 Å². The quantitative estimate of drug-likeness (QED) is 0.671. The number of nitrogens with one attached hydrogen (secondary N) is 1. The highest BCUT2D eigenvalue weighted by Crippen LogP contribution is 2.18. The van der Waals surface area contributed by atoms with Crippen LogP contribution in [0.25, 0.3) is 0 Å². The van der Waals surface area contributed by atoms with Crippen molar-refractivity contribution in [3.8, 4) is 0 Å². The molecule has 1 unspecified atom stereocenters. The molecule has 0 spiro atoms. The second-order valence-corrected chi connectivity index (χ2v) is 5.52. The Balaban J connectivity index is 3.50. The summed E-state index contributed by atoms with van der Waals surface area (Å²) in [6, 6.07) is 0.600. The minimum Gasteiger partial charge on any atom is -0.379 e. The molecule has 0 aliphatic heterocycles. The number of rotatable bonds is 8. The van der Waals surface area contributed by atoms with Crippen LogP contribution in [0.5, 0.6) is 0 Å². The summed E-state index contributed by atoms with van der Waals surface area (Å²) in [7, 11) is 1.80. The summed E-state index contributed by atoms with van der Waals surface area (Å²) in [5, 5.41) is 3.48. The first-order chi connectivity index (χ1) is 6.87. The lowest BCUT2D eigenvalue weighted by Gasteiger charge is -2.23. The maximum Gasteiger partial charge on any atom is 0.0622 e. The zero-order valence-corrected chi connectivity index (χ0v) is 11.4. The topological polar surface area (TPSA) is 21.3 Å². The minimum absolute atomic E-state index is 0.0468. The van der Waals surface area contributed by atoms with Crippen molar-refractivity contribution in [1.82, 2.24) is 5.32 Å². The number of ether oxygens (including phenoxy) is 1. The van der Waals surface area contributed by atoms with Gasteiger partial charge >= 0.3 is 0 Å². The summed E-state index contributed by atoms with van der Waals surface area (Å²) in [6.07, 6.45) is 3.68. The molecule has 92 valence electrons. The van der Waals surface area contributed by atoms with Gasteiger partial charge in [0.2, 0.25) is 0 Å². The molecule has 0 rings (SSSR count). The standard InChI is InChI=1S/C13H29NO/c1-11(2)14-10-12(3)8-7-9-13(4,5)15-6/h11-12,14H,7-10H2,1-6H3. The average molecular weight is 215 g/mol. The van der Waals surface area contributed by atoms with Crippen LogP contribution in [-0.2, 0) is 4.74 Å². The molecule has 0 heterocycles.